The topological polar surface area (TPSA) is 39.7 Å². The zero-order valence-electron chi connectivity index (χ0n) is 15.8. The van der Waals surface area contributed by atoms with E-state index in [1.807, 2.05) is 31.2 Å². The molecule has 1 aromatic carbocycles. The molecule has 0 spiro atoms. The van der Waals surface area contributed by atoms with E-state index in [0.717, 1.165) is 23.5 Å². The van der Waals surface area contributed by atoms with Crippen molar-refractivity contribution in [2.24, 2.45) is 0 Å². The Labute approximate surface area is 146 Å². The lowest BCUT2D eigenvalue weighted by atomic mass is 9.87. The Hall–Kier alpha value is -1.52. The number of hydrogen-bond acceptors (Lipinski definition) is 4. The number of allylic oxidation sites excluding steroid dienone is 1. The van der Waals surface area contributed by atoms with Gasteiger partial charge < -0.3 is 19.5 Å². The number of hydrogen-bond donors (Lipinski definition) is 1. The van der Waals surface area contributed by atoms with Crippen molar-refractivity contribution in [2.45, 2.75) is 65.5 Å². The molecule has 24 heavy (non-hydrogen) atoms. The minimum Gasteiger partial charge on any atom is -0.485 e. The molecular formula is C20H31NO3. The maximum atomic E-state index is 6.27. The summed E-state index contributed by atoms with van der Waals surface area (Å²) in [7, 11) is 0. The second-order valence-corrected chi connectivity index (χ2v) is 6.92. The van der Waals surface area contributed by atoms with Crippen LogP contribution in [0.15, 0.2) is 30.4 Å². The molecule has 0 bridgehead atoms. The number of nitrogens with one attached hydrogen (secondary N) is 1. The fraction of sp³-hybridized carbons (Fsp3) is 0.600. The van der Waals surface area contributed by atoms with Crippen LogP contribution in [-0.4, -0.2) is 31.0 Å². The fourth-order valence-corrected chi connectivity index (χ4v) is 3.03. The Kier molecular flexibility index (Phi) is 6.30. The van der Waals surface area contributed by atoms with Crippen LogP contribution >= 0.6 is 0 Å². The number of anilines is 1. The average Bonchev–Trinajstić information content (AvgIpc) is 2.50. The molecule has 2 atom stereocenters. The molecule has 0 aliphatic carbocycles. The molecule has 4 nitrogen and oxygen atoms in total. The summed E-state index contributed by atoms with van der Waals surface area (Å²) in [6, 6.07) is 6.19. The summed E-state index contributed by atoms with van der Waals surface area (Å²) in [5.41, 5.74) is 1.66. The average molecular weight is 333 g/mol. The Morgan fingerprint density at radius 3 is 2.71 bits per heavy atom. The first-order valence-corrected chi connectivity index (χ1v) is 8.84. The van der Waals surface area contributed by atoms with E-state index in [9.17, 15) is 0 Å². The Morgan fingerprint density at radius 2 is 2.08 bits per heavy atom. The molecule has 1 N–H and O–H groups in total. The first-order chi connectivity index (χ1) is 11.4. The van der Waals surface area contributed by atoms with E-state index in [0.29, 0.717) is 6.61 Å². The molecular weight excluding hydrogens is 302 g/mol. The van der Waals surface area contributed by atoms with Gasteiger partial charge in [0.05, 0.1) is 12.7 Å². The molecule has 1 aliphatic heterocycles. The largest absolute Gasteiger partial charge is 0.485 e. The van der Waals surface area contributed by atoms with Gasteiger partial charge >= 0.3 is 0 Å². The number of ether oxygens (including phenoxy) is 3. The molecule has 0 radical (unpaired) electrons. The molecule has 0 aromatic heterocycles. The standard InChI is InChI=1S/C20H31NO3/c1-7-9-12-22-19-18(23-14(3)4)16-13-15(21-8-2)10-11-17(16)24-20(19,5)6/h7,9-11,13-14,18-19,21H,8,12H2,1-6H3. The molecule has 0 fully saturated rings. The van der Waals surface area contributed by atoms with E-state index < -0.39 is 5.60 Å². The second kappa shape index (κ2) is 8.04. The predicted molar refractivity (Wildman–Crippen MR) is 98.8 cm³/mol. The van der Waals surface area contributed by atoms with Crippen molar-refractivity contribution in [2.75, 3.05) is 18.5 Å². The van der Waals surface area contributed by atoms with Crippen LogP contribution in [0.4, 0.5) is 5.69 Å². The van der Waals surface area contributed by atoms with Crippen LogP contribution in [0.3, 0.4) is 0 Å². The number of benzene rings is 1. The Morgan fingerprint density at radius 1 is 1.33 bits per heavy atom. The van der Waals surface area contributed by atoms with E-state index in [4.69, 9.17) is 14.2 Å². The van der Waals surface area contributed by atoms with Crippen LogP contribution in [0.5, 0.6) is 5.75 Å². The van der Waals surface area contributed by atoms with Gasteiger partial charge in [0.25, 0.3) is 0 Å². The van der Waals surface area contributed by atoms with E-state index in [-0.39, 0.29) is 18.3 Å². The summed E-state index contributed by atoms with van der Waals surface area (Å²) in [5, 5.41) is 3.36. The zero-order valence-corrected chi connectivity index (χ0v) is 15.8. The van der Waals surface area contributed by atoms with Crippen LogP contribution in [0.2, 0.25) is 0 Å². The van der Waals surface area contributed by atoms with Gasteiger partial charge in [-0.3, -0.25) is 0 Å². The number of rotatable bonds is 7. The van der Waals surface area contributed by atoms with Crippen LogP contribution in [0, 0.1) is 0 Å². The van der Waals surface area contributed by atoms with E-state index >= 15 is 0 Å². The summed E-state index contributed by atoms with van der Waals surface area (Å²) >= 11 is 0. The molecule has 1 aromatic rings. The first kappa shape index (κ1) is 18.8. The van der Waals surface area contributed by atoms with Crippen molar-refractivity contribution in [1.82, 2.24) is 0 Å². The molecule has 1 aliphatic rings. The van der Waals surface area contributed by atoms with Gasteiger partial charge in [0, 0.05) is 17.8 Å². The quantitative estimate of drug-likeness (QED) is 0.733. The third-order valence-corrected chi connectivity index (χ3v) is 4.06. The monoisotopic (exact) mass is 333 g/mol. The van der Waals surface area contributed by atoms with Crippen molar-refractivity contribution in [3.8, 4) is 5.75 Å². The van der Waals surface area contributed by atoms with Crippen molar-refractivity contribution >= 4 is 5.69 Å². The highest BCUT2D eigenvalue weighted by molar-refractivity contribution is 5.53. The van der Waals surface area contributed by atoms with Gasteiger partial charge in [0.1, 0.15) is 23.6 Å². The molecule has 0 amide bonds. The van der Waals surface area contributed by atoms with Gasteiger partial charge in [-0.1, -0.05) is 12.2 Å². The van der Waals surface area contributed by atoms with Crippen molar-refractivity contribution < 1.29 is 14.2 Å². The highest BCUT2D eigenvalue weighted by Crippen LogP contribution is 2.44. The summed E-state index contributed by atoms with van der Waals surface area (Å²) in [4.78, 5) is 0. The molecule has 2 rings (SSSR count). The normalized spacial score (nSPS) is 22.5. The molecule has 0 saturated carbocycles. The maximum Gasteiger partial charge on any atom is 0.132 e. The van der Waals surface area contributed by atoms with E-state index in [2.05, 4.69) is 46.0 Å². The zero-order chi connectivity index (χ0) is 17.7. The lowest BCUT2D eigenvalue weighted by molar-refractivity contribution is -0.168. The van der Waals surface area contributed by atoms with E-state index in [1.54, 1.807) is 0 Å². The maximum absolute atomic E-state index is 6.27. The smallest absolute Gasteiger partial charge is 0.132 e. The van der Waals surface area contributed by atoms with Crippen molar-refractivity contribution in [3.63, 3.8) is 0 Å². The highest BCUT2D eigenvalue weighted by atomic mass is 16.6. The molecule has 0 saturated heterocycles. The Balaban J connectivity index is 2.40. The minimum atomic E-state index is -0.464. The lowest BCUT2D eigenvalue weighted by Crippen LogP contribution is -2.51. The predicted octanol–water partition coefficient (Wildman–Crippen LogP) is 4.72. The molecule has 4 heteroatoms. The molecule has 2 unspecified atom stereocenters. The summed E-state index contributed by atoms with van der Waals surface area (Å²) < 4.78 is 18.7. The fourth-order valence-electron chi connectivity index (χ4n) is 3.03. The minimum absolute atomic E-state index is 0.104. The summed E-state index contributed by atoms with van der Waals surface area (Å²) in [6.45, 7) is 13.7. The van der Waals surface area contributed by atoms with E-state index in [1.165, 1.54) is 0 Å². The SMILES string of the molecule is CC=CCOC1C(OC(C)C)c2cc(NCC)ccc2OC1(C)C. The van der Waals surface area contributed by atoms with Gasteiger partial charge in [-0.15, -0.1) is 0 Å². The summed E-state index contributed by atoms with van der Waals surface area (Å²) in [5.74, 6) is 0.873. The summed E-state index contributed by atoms with van der Waals surface area (Å²) in [6.07, 6.45) is 3.76. The third kappa shape index (κ3) is 4.31. The van der Waals surface area contributed by atoms with Crippen LogP contribution in [0.25, 0.3) is 0 Å². The van der Waals surface area contributed by atoms with Gasteiger partial charge in [0.15, 0.2) is 0 Å². The van der Waals surface area contributed by atoms with Crippen molar-refractivity contribution in [3.05, 3.63) is 35.9 Å². The van der Waals surface area contributed by atoms with Crippen LogP contribution in [0.1, 0.15) is 53.2 Å². The van der Waals surface area contributed by atoms with Gasteiger partial charge in [0.2, 0.25) is 0 Å². The molecule has 1 heterocycles. The van der Waals surface area contributed by atoms with Gasteiger partial charge in [-0.25, -0.2) is 0 Å². The van der Waals surface area contributed by atoms with Crippen molar-refractivity contribution in [1.29, 1.82) is 0 Å². The highest BCUT2D eigenvalue weighted by Gasteiger charge is 2.45. The number of fused-ring (bicyclic) bond motifs is 1. The Bertz CT molecular complexity index is 566. The first-order valence-electron chi connectivity index (χ1n) is 8.84. The molecule has 134 valence electrons. The lowest BCUT2D eigenvalue weighted by Gasteiger charge is -2.44. The second-order valence-electron chi connectivity index (χ2n) is 6.92. The van der Waals surface area contributed by atoms with Crippen LogP contribution < -0.4 is 10.1 Å². The van der Waals surface area contributed by atoms with Gasteiger partial charge in [-0.2, -0.15) is 0 Å². The van der Waals surface area contributed by atoms with Crippen LogP contribution in [-0.2, 0) is 9.47 Å². The third-order valence-electron chi connectivity index (χ3n) is 4.06. The van der Waals surface area contributed by atoms with Gasteiger partial charge in [-0.05, 0) is 59.7 Å².